The van der Waals surface area contributed by atoms with Crippen molar-refractivity contribution in [3.8, 4) is 0 Å². The van der Waals surface area contributed by atoms with Gasteiger partial charge in [-0.05, 0) is 37.4 Å². The van der Waals surface area contributed by atoms with Crippen LogP contribution in [0, 0.1) is 0 Å². The van der Waals surface area contributed by atoms with Crippen molar-refractivity contribution >= 4 is 6.03 Å². The van der Waals surface area contributed by atoms with E-state index in [1.165, 1.54) is 19.3 Å². The number of nitrogens with one attached hydrogen (secondary N) is 1. The number of hydrogen-bond acceptors (Lipinski definition) is 3. The Bertz CT molecular complexity index is 418. The predicted molar refractivity (Wildman–Crippen MR) is 83.7 cm³/mol. The highest BCUT2D eigenvalue weighted by Gasteiger charge is 2.19. The highest BCUT2D eigenvalue weighted by molar-refractivity contribution is 5.74. The average Bonchev–Trinajstić information content (AvgIpc) is 2.53. The van der Waals surface area contributed by atoms with Crippen molar-refractivity contribution in [3.05, 3.63) is 30.1 Å². The van der Waals surface area contributed by atoms with E-state index in [4.69, 9.17) is 5.73 Å². The molecule has 1 aliphatic carbocycles. The van der Waals surface area contributed by atoms with Crippen LogP contribution >= 0.6 is 0 Å². The predicted octanol–water partition coefficient (Wildman–Crippen LogP) is 2.27. The molecule has 1 aromatic heterocycles. The first-order chi connectivity index (χ1) is 10.3. The van der Waals surface area contributed by atoms with Gasteiger partial charge in [0.05, 0.1) is 0 Å². The van der Waals surface area contributed by atoms with Gasteiger partial charge >= 0.3 is 6.03 Å². The molecule has 3 N–H and O–H groups in total. The number of rotatable bonds is 6. The van der Waals surface area contributed by atoms with Gasteiger partial charge in [0.15, 0.2) is 0 Å². The fourth-order valence-corrected chi connectivity index (χ4v) is 2.76. The molecule has 21 heavy (non-hydrogen) atoms. The number of aromatic nitrogens is 1. The summed E-state index contributed by atoms with van der Waals surface area (Å²) in [5.41, 5.74) is 6.63. The second kappa shape index (κ2) is 8.62. The minimum Gasteiger partial charge on any atom is -0.335 e. The van der Waals surface area contributed by atoms with E-state index in [0.29, 0.717) is 25.7 Å². The zero-order valence-electron chi connectivity index (χ0n) is 12.6. The summed E-state index contributed by atoms with van der Waals surface area (Å²) in [6, 6.07) is 4.26. The number of urea groups is 1. The Hall–Kier alpha value is -1.62. The normalized spacial score (nSPS) is 15.7. The summed E-state index contributed by atoms with van der Waals surface area (Å²) in [5.74, 6) is 0. The number of hydrogen-bond donors (Lipinski definition) is 2. The molecule has 5 nitrogen and oxygen atoms in total. The van der Waals surface area contributed by atoms with Crippen LogP contribution in [0.25, 0.3) is 0 Å². The third-order valence-corrected chi connectivity index (χ3v) is 3.95. The van der Waals surface area contributed by atoms with Crippen molar-refractivity contribution in [2.24, 2.45) is 5.73 Å². The van der Waals surface area contributed by atoms with Gasteiger partial charge in [-0.3, -0.25) is 4.98 Å². The summed E-state index contributed by atoms with van der Waals surface area (Å²) in [4.78, 5) is 18.4. The molecule has 0 atom stereocenters. The topological polar surface area (TPSA) is 71.2 Å². The molecule has 0 unspecified atom stereocenters. The maximum absolute atomic E-state index is 12.5. The SMILES string of the molecule is NCCCN(Cc1cccnc1)C(=O)NC1CCCCC1. The molecule has 0 aliphatic heterocycles. The summed E-state index contributed by atoms with van der Waals surface area (Å²) in [5, 5.41) is 3.17. The summed E-state index contributed by atoms with van der Waals surface area (Å²) in [6.45, 7) is 1.87. The molecule has 1 aromatic rings. The number of amides is 2. The third-order valence-electron chi connectivity index (χ3n) is 3.95. The number of carbonyl (C=O) groups excluding carboxylic acids is 1. The molecule has 1 fully saturated rings. The molecule has 0 bridgehead atoms. The van der Waals surface area contributed by atoms with Crippen LogP contribution in [0.2, 0.25) is 0 Å². The maximum Gasteiger partial charge on any atom is 0.317 e. The van der Waals surface area contributed by atoms with Crippen LogP contribution in [0.5, 0.6) is 0 Å². The van der Waals surface area contributed by atoms with Gasteiger partial charge in [-0.1, -0.05) is 25.3 Å². The Morgan fingerprint density at radius 1 is 1.38 bits per heavy atom. The number of carbonyl (C=O) groups is 1. The van der Waals surface area contributed by atoms with Gasteiger partial charge < -0.3 is 16.0 Å². The Kier molecular flexibility index (Phi) is 6.47. The van der Waals surface area contributed by atoms with Crippen molar-refractivity contribution < 1.29 is 4.79 Å². The molecule has 2 rings (SSSR count). The molecule has 1 aliphatic rings. The number of nitrogens with two attached hydrogens (primary N) is 1. The maximum atomic E-state index is 12.5. The van der Waals surface area contributed by atoms with Gasteiger partial charge in [0.2, 0.25) is 0 Å². The Balaban J connectivity index is 1.92. The number of nitrogens with zero attached hydrogens (tertiary/aromatic N) is 2. The van der Waals surface area contributed by atoms with Crippen molar-refractivity contribution in [1.29, 1.82) is 0 Å². The van der Waals surface area contributed by atoms with Gasteiger partial charge in [0.1, 0.15) is 0 Å². The Labute approximate surface area is 126 Å². The van der Waals surface area contributed by atoms with Crippen LogP contribution in [-0.4, -0.2) is 35.0 Å². The fraction of sp³-hybridized carbons (Fsp3) is 0.625. The van der Waals surface area contributed by atoms with Crippen LogP contribution in [0.4, 0.5) is 4.79 Å². The van der Waals surface area contributed by atoms with Crippen LogP contribution in [0.1, 0.15) is 44.1 Å². The highest BCUT2D eigenvalue weighted by Crippen LogP contribution is 2.17. The molecule has 0 spiro atoms. The lowest BCUT2D eigenvalue weighted by atomic mass is 9.96. The minimum absolute atomic E-state index is 0.0270. The van der Waals surface area contributed by atoms with E-state index in [0.717, 1.165) is 24.8 Å². The molecule has 1 saturated carbocycles. The standard InChI is InChI=1S/C16H26N4O/c17-9-5-11-20(13-14-6-4-10-18-12-14)16(21)19-15-7-2-1-3-8-15/h4,6,10,12,15H,1-3,5,7-9,11,13,17H2,(H,19,21). The molecule has 0 radical (unpaired) electrons. The van der Waals surface area contributed by atoms with Crippen molar-refractivity contribution in [2.75, 3.05) is 13.1 Å². The third kappa shape index (κ3) is 5.34. The van der Waals surface area contributed by atoms with Crippen LogP contribution < -0.4 is 11.1 Å². The van der Waals surface area contributed by atoms with Gasteiger partial charge in [0, 0.05) is 31.5 Å². The monoisotopic (exact) mass is 290 g/mol. The largest absolute Gasteiger partial charge is 0.335 e. The van der Waals surface area contributed by atoms with E-state index in [1.54, 1.807) is 6.20 Å². The quantitative estimate of drug-likeness (QED) is 0.844. The zero-order valence-corrected chi connectivity index (χ0v) is 12.6. The van der Waals surface area contributed by atoms with Crippen molar-refractivity contribution in [2.45, 2.75) is 51.1 Å². The summed E-state index contributed by atoms with van der Waals surface area (Å²) < 4.78 is 0. The van der Waals surface area contributed by atoms with E-state index in [1.807, 2.05) is 23.2 Å². The lowest BCUT2D eigenvalue weighted by molar-refractivity contribution is 0.187. The van der Waals surface area contributed by atoms with Gasteiger partial charge in [-0.25, -0.2) is 4.79 Å². The Morgan fingerprint density at radius 3 is 2.86 bits per heavy atom. The average molecular weight is 290 g/mol. The molecule has 116 valence electrons. The molecule has 2 amide bonds. The molecule has 0 aromatic carbocycles. The van der Waals surface area contributed by atoms with Gasteiger partial charge in [-0.2, -0.15) is 0 Å². The highest BCUT2D eigenvalue weighted by atomic mass is 16.2. The lowest BCUT2D eigenvalue weighted by Gasteiger charge is -2.28. The summed E-state index contributed by atoms with van der Waals surface area (Å²) in [6.07, 6.45) is 10.3. The first-order valence-corrected chi connectivity index (χ1v) is 7.94. The summed E-state index contributed by atoms with van der Waals surface area (Å²) >= 11 is 0. The van der Waals surface area contributed by atoms with Gasteiger partial charge in [-0.15, -0.1) is 0 Å². The van der Waals surface area contributed by atoms with E-state index < -0.39 is 0 Å². The van der Waals surface area contributed by atoms with Gasteiger partial charge in [0.25, 0.3) is 0 Å². The van der Waals surface area contributed by atoms with Crippen molar-refractivity contribution in [1.82, 2.24) is 15.2 Å². The first-order valence-electron chi connectivity index (χ1n) is 7.94. The van der Waals surface area contributed by atoms with Crippen LogP contribution in [-0.2, 0) is 6.54 Å². The minimum atomic E-state index is 0.0270. The molecular weight excluding hydrogens is 264 g/mol. The fourth-order valence-electron chi connectivity index (χ4n) is 2.76. The second-order valence-corrected chi connectivity index (χ2v) is 5.71. The Morgan fingerprint density at radius 2 is 2.19 bits per heavy atom. The molecular formula is C16H26N4O. The van der Waals surface area contributed by atoms with E-state index in [2.05, 4.69) is 10.3 Å². The van der Waals surface area contributed by atoms with Crippen LogP contribution in [0.15, 0.2) is 24.5 Å². The lowest BCUT2D eigenvalue weighted by Crippen LogP contribution is -2.45. The number of pyridine rings is 1. The zero-order chi connectivity index (χ0) is 14.9. The molecule has 5 heteroatoms. The van der Waals surface area contributed by atoms with Crippen LogP contribution in [0.3, 0.4) is 0 Å². The first kappa shape index (κ1) is 15.8. The molecule has 0 saturated heterocycles. The summed E-state index contributed by atoms with van der Waals surface area (Å²) in [7, 11) is 0. The van der Waals surface area contributed by atoms with E-state index in [-0.39, 0.29) is 6.03 Å². The van der Waals surface area contributed by atoms with Crippen molar-refractivity contribution in [3.63, 3.8) is 0 Å². The van der Waals surface area contributed by atoms with E-state index >= 15 is 0 Å². The smallest absolute Gasteiger partial charge is 0.317 e. The second-order valence-electron chi connectivity index (χ2n) is 5.71. The van der Waals surface area contributed by atoms with E-state index in [9.17, 15) is 4.79 Å². The molecule has 1 heterocycles.